The topological polar surface area (TPSA) is 89.3 Å². The second kappa shape index (κ2) is 6.67. The molecular weight excluding hydrogens is 336 g/mol. The van der Waals surface area contributed by atoms with Gasteiger partial charge in [0.15, 0.2) is 14.8 Å². The van der Waals surface area contributed by atoms with Crippen molar-refractivity contribution in [1.82, 2.24) is 0 Å². The molecule has 0 amide bonds. The molecule has 1 heterocycles. The van der Waals surface area contributed by atoms with Crippen LogP contribution in [0.25, 0.3) is 0 Å². The van der Waals surface area contributed by atoms with Gasteiger partial charge in [-0.05, 0) is 11.5 Å². The van der Waals surface area contributed by atoms with E-state index in [0.29, 0.717) is 0 Å². The van der Waals surface area contributed by atoms with E-state index in [1.54, 1.807) is 0 Å². The number of nitro groups is 1. The van der Waals surface area contributed by atoms with Crippen LogP contribution in [0.5, 0.6) is 0 Å². The van der Waals surface area contributed by atoms with Crippen LogP contribution in [0.2, 0.25) is 0 Å². The van der Waals surface area contributed by atoms with Crippen molar-refractivity contribution in [3.05, 3.63) is 52.1 Å². The van der Waals surface area contributed by atoms with E-state index in [1.165, 1.54) is 0 Å². The minimum absolute atomic E-state index is 0.0118. The van der Waals surface area contributed by atoms with E-state index in [9.17, 15) is 18.5 Å². The maximum Gasteiger partial charge on any atom is 0.304 e. The minimum Gasteiger partial charge on any atom is -0.364 e. The number of anilines is 1. The van der Waals surface area contributed by atoms with Crippen molar-refractivity contribution in [3.63, 3.8) is 0 Å². The van der Waals surface area contributed by atoms with Gasteiger partial charge >= 0.3 is 5.69 Å². The van der Waals surface area contributed by atoms with E-state index in [-0.39, 0.29) is 26.9 Å². The molecule has 1 N–H and O–H groups in total. The predicted octanol–water partition coefficient (Wildman–Crippen LogP) is 3.87. The average molecular weight is 354 g/mol. The molecule has 1 atom stereocenters. The summed E-state index contributed by atoms with van der Waals surface area (Å²) in [5, 5.41) is 14.6. The molecule has 23 heavy (non-hydrogen) atoms. The molecular formula is C15H18N2O4S2. The summed E-state index contributed by atoms with van der Waals surface area (Å²) in [5.74, 6) is 0.167. The van der Waals surface area contributed by atoms with E-state index in [0.717, 1.165) is 29.2 Å². The summed E-state index contributed by atoms with van der Waals surface area (Å²) in [4.78, 5) is 10.7. The predicted molar refractivity (Wildman–Crippen MR) is 91.7 cm³/mol. The Bertz CT molecular complexity index is 798. The highest BCUT2D eigenvalue weighted by Crippen LogP contribution is 2.40. The lowest BCUT2D eigenvalue weighted by Crippen LogP contribution is -2.16. The summed E-state index contributed by atoms with van der Waals surface area (Å²) in [6, 6.07) is 10.5. The summed E-state index contributed by atoms with van der Waals surface area (Å²) in [5.41, 5.74) is 0.781. The molecule has 0 bridgehead atoms. The maximum atomic E-state index is 11.7. The van der Waals surface area contributed by atoms with Gasteiger partial charge in [0.25, 0.3) is 0 Å². The molecule has 0 fully saturated rings. The Balaban J connectivity index is 2.44. The SMILES string of the molecule is CC(C)C(Nc1sc(S(C)(=O)=O)cc1[N+](=O)[O-])c1ccccc1. The Morgan fingerprint density at radius 2 is 1.83 bits per heavy atom. The highest BCUT2D eigenvalue weighted by Gasteiger charge is 2.26. The van der Waals surface area contributed by atoms with E-state index in [2.05, 4.69) is 5.32 Å². The van der Waals surface area contributed by atoms with E-state index >= 15 is 0 Å². The number of nitrogens with one attached hydrogen (secondary N) is 1. The summed E-state index contributed by atoms with van der Waals surface area (Å²) >= 11 is 0.894. The second-order valence-corrected chi connectivity index (χ2v) is 8.88. The number of rotatable bonds is 6. The van der Waals surface area contributed by atoms with Crippen molar-refractivity contribution in [2.45, 2.75) is 24.1 Å². The van der Waals surface area contributed by atoms with Gasteiger partial charge in [0.2, 0.25) is 0 Å². The number of benzene rings is 1. The summed E-state index contributed by atoms with van der Waals surface area (Å²) in [7, 11) is -3.48. The van der Waals surface area contributed by atoms with Crippen LogP contribution in [-0.2, 0) is 9.84 Å². The Morgan fingerprint density at radius 1 is 1.22 bits per heavy atom. The first-order valence-corrected chi connectivity index (χ1v) is 9.70. The molecule has 0 radical (unpaired) electrons. The first-order valence-electron chi connectivity index (χ1n) is 7.00. The number of thiophene rings is 1. The van der Waals surface area contributed by atoms with Crippen molar-refractivity contribution in [3.8, 4) is 0 Å². The Kier molecular flexibility index (Phi) is 5.06. The molecule has 0 aliphatic carbocycles. The van der Waals surface area contributed by atoms with E-state index in [1.807, 2.05) is 44.2 Å². The number of hydrogen-bond donors (Lipinski definition) is 1. The molecule has 0 saturated carbocycles. The molecule has 0 aliphatic rings. The van der Waals surface area contributed by atoms with Crippen LogP contribution in [0.15, 0.2) is 40.6 Å². The lowest BCUT2D eigenvalue weighted by Gasteiger charge is -2.22. The van der Waals surface area contributed by atoms with Gasteiger partial charge in [0, 0.05) is 12.3 Å². The fraction of sp³-hybridized carbons (Fsp3) is 0.333. The van der Waals surface area contributed by atoms with Gasteiger partial charge in [-0.1, -0.05) is 55.5 Å². The maximum absolute atomic E-state index is 11.7. The van der Waals surface area contributed by atoms with Gasteiger partial charge in [0.1, 0.15) is 4.21 Å². The molecule has 0 spiro atoms. The van der Waals surface area contributed by atoms with E-state index in [4.69, 9.17) is 0 Å². The minimum atomic E-state index is -3.48. The highest BCUT2D eigenvalue weighted by atomic mass is 32.2. The molecule has 124 valence electrons. The highest BCUT2D eigenvalue weighted by molar-refractivity contribution is 7.92. The zero-order valence-corrected chi connectivity index (χ0v) is 14.6. The fourth-order valence-electron chi connectivity index (χ4n) is 2.22. The lowest BCUT2D eigenvalue weighted by atomic mass is 9.96. The third kappa shape index (κ3) is 4.08. The van der Waals surface area contributed by atoms with Crippen LogP contribution in [-0.4, -0.2) is 19.6 Å². The van der Waals surface area contributed by atoms with Crippen LogP contribution in [0.3, 0.4) is 0 Å². The van der Waals surface area contributed by atoms with Crippen LogP contribution in [0.4, 0.5) is 10.7 Å². The lowest BCUT2D eigenvalue weighted by molar-refractivity contribution is -0.383. The molecule has 1 aromatic carbocycles. The molecule has 1 unspecified atom stereocenters. The van der Waals surface area contributed by atoms with E-state index < -0.39 is 14.8 Å². The normalized spacial score (nSPS) is 13.0. The van der Waals surface area contributed by atoms with Crippen LogP contribution < -0.4 is 5.32 Å². The summed E-state index contributed by atoms with van der Waals surface area (Å²) in [6.07, 6.45) is 1.05. The molecule has 8 heteroatoms. The zero-order chi connectivity index (χ0) is 17.2. The Labute approximate surface area is 139 Å². The molecule has 1 aromatic heterocycles. The second-order valence-electron chi connectivity index (χ2n) is 5.59. The van der Waals surface area contributed by atoms with Gasteiger partial charge in [-0.25, -0.2) is 8.42 Å². The van der Waals surface area contributed by atoms with Crippen LogP contribution in [0, 0.1) is 16.0 Å². The van der Waals surface area contributed by atoms with Crippen molar-refractivity contribution in [1.29, 1.82) is 0 Å². The third-order valence-electron chi connectivity index (χ3n) is 3.36. The Morgan fingerprint density at radius 3 is 2.30 bits per heavy atom. The fourth-order valence-corrected chi connectivity index (χ4v) is 4.19. The quantitative estimate of drug-likeness (QED) is 0.628. The summed E-state index contributed by atoms with van der Waals surface area (Å²) in [6.45, 7) is 4.00. The average Bonchev–Trinajstić information content (AvgIpc) is 2.89. The van der Waals surface area contributed by atoms with Crippen molar-refractivity contribution in [2.24, 2.45) is 5.92 Å². The summed E-state index contributed by atoms with van der Waals surface area (Å²) < 4.78 is 23.3. The van der Waals surface area contributed by atoms with Gasteiger partial charge in [-0.3, -0.25) is 10.1 Å². The zero-order valence-electron chi connectivity index (χ0n) is 13.0. The van der Waals surface area contributed by atoms with Gasteiger partial charge in [-0.15, -0.1) is 0 Å². The Hall–Kier alpha value is -1.93. The van der Waals surface area contributed by atoms with Crippen LogP contribution >= 0.6 is 11.3 Å². The monoisotopic (exact) mass is 354 g/mol. The van der Waals surface area contributed by atoms with Gasteiger partial charge in [0.05, 0.1) is 11.0 Å². The van der Waals surface area contributed by atoms with Crippen molar-refractivity contribution < 1.29 is 13.3 Å². The first kappa shape index (κ1) is 17.4. The largest absolute Gasteiger partial charge is 0.364 e. The first-order chi connectivity index (χ1) is 10.7. The smallest absolute Gasteiger partial charge is 0.304 e. The van der Waals surface area contributed by atoms with Gasteiger partial charge < -0.3 is 5.32 Å². The number of hydrogen-bond acceptors (Lipinski definition) is 6. The third-order valence-corrected chi connectivity index (χ3v) is 6.22. The molecule has 6 nitrogen and oxygen atoms in total. The molecule has 0 aliphatic heterocycles. The van der Waals surface area contributed by atoms with Crippen molar-refractivity contribution >= 4 is 31.9 Å². The number of nitrogens with zero attached hydrogens (tertiary/aromatic N) is 1. The standard InChI is InChI=1S/C15H18N2O4S2/c1-10(2)14(11-7-5-4-6-8-11)16-15-12(17(18)19)9-13(22-15)23(3,20)21/h4-10,14,16H,1-3H3. The molecule has 0 saturated heterocycles. The van der Waals surface area contributed by atoms with Crippen LogP contribution in [0.1, 0.15) is 25.5 Å². The van der Waals surface area contributed by atoms with Gasteiger partial charge in [-0.2, -0.15) is 0 Å². The molecule has 2 aromatic rings. The van der Waals surface area contributed by atoms with Crippen molar-refractivity contribution in [2.75, 3.05) is 11.6 Å². The molecule has 2 rings (SSSR count). The number of sulfone groups is 1.